The Kier molecular flexibility index (Phi) is 6.44. The van der Waals surface area contributed by atoms with Crippen LogP contribution >= 0.6 is 11.3 Å². The van der Waals surface area contributed by atoms with E-state index < -0.39 is 0 Å². The smallest absolute Gasteiger partial charge is 0.191 e. The van der Waals surface area contributed by atoms with Crippen LogP contribution < -0.4 is 10.6 Å². The normalized spacial score (nSPS) is 11.5. The minimum absolute atomic E-state index is 0.724. The van der Waals surface area contributed by atoms with Crippen LogP contribution in [-0.4, -0.2) is 22.8 Å². The van der Waals surface area contributed by atoms with Gasteiger partial charge in [0.05, 0.1) is 13.1 Å². The van der Waals surface area contributed by atoms with Crippen molar-refractivity contribution >= 4 is 17.3 Å². The molecular weight excluding hydrogens is 342 g/mol. The molecule has 0 bridgehead atoms. The quantitative estimate of drug-likeness (QED) is 0.497. The average Bonchev–Trinajstić information content (AvgIpc) is 3.34. The fraction of sp³-hybridized carbons (Fsp3) is 0.300. The zero-order valence-corrected chi connectivity index (χ0v) is 16.1. The number of thiophene rings is 1. The Morgan fingerprint density at radius 3 is 2.50 bits per heavy atom. The molecule has 0 aliphatic heterocycles. The highest BCUT2D eigenvalue weighted by Gasteiger charge is 2.05. The second-order valence-electron chi connectivity index (χ2n) is 5.97. The van der Waals surface area contributed by atoms with Crippen LogP contribution in [0.4, 0.5) is 0 Å². The van der Waals surface area contributed by atoms with Gasteiger partial charge in [0.2, 0.25) is 0 Å². The van der Waals surface area contributed by atoms with E-state index in [2.05, 4.69) is 64.0 Å². The van der Waals surface area contributed by atoms with E-state index in [1.54, 1.807) is 13.2 Å². The van der Waals surface area contributed by atoms with Crippen molar-refractivity contribution in [3.05, 3.63) is 75.7 Å². The van der Waals surface area contributed by atoms with Gasteiger partial charge >= 0.3 is 0 Å². The van der Waals surface area contributed by atoms with E-state index in [-0.39, 0.29) is 0 Å². The molecule has 1 aromatic carbocycles. The molecule has 0 aliphatic carbocycles. The fourth-order valence-electron chi connectivity index (χ4n) is 2.73. The molecule has 2 heterocycles. The molecule has 0 unspecified atom stereocenters. The van der Waals surface area contributed by atoms with E-state index in [4.69, 9.17) is 0 Å². The highest BCUT2D eigenvalue weighted by Crippen LogP contribution is 2.16. The maximum Gasteiger partial charge on any atom is 0.191 e. The molecular formula is C20H25N5S. The molecule has 2 aromatic heterocycles. The first-order chi connectivity index (χ1) is 12.8. The molecule has 0 radical (unpaired) electrons. The Morgan fingerprint density at radius 1 is 1.04 bits per heavy atom. The number of hydrogen-bond donors (Lipinski definition) is 2. The van der Waals surface area contributed by atoms with Gasteiger partial charge in [-0.2, -0.15) is 5.10 Å². The molecule has 136 valence electrons. The summed E-state index contributed by atoms with van der Waals surface area (Å²) in [5.41, 5.74) is 2.50. The third-order valence-electron chi connectivity index (χ3n) is 4.18. The Bertz CT molecular complexity index is 836. The van der Waals surface area contributed by atoms with Crippen molar-refractivity contribution in [2.75, 3.05) is 7.05 Å². The molecule has 0 amide bonds. The van der Waals surface area contributed by atoms with E-state index in [0.29, 0.717) is 0 Å². The SMILES string of the molecule is CCc1ccc(CNC(=NC)NCc2ccccc2Cn2cccn2)s1. The summed E-state index contributed by atoms with van der Waals surface area (Å²) in [7, 11) is 1.80. The number of nitrogens with zero attached hydrogens (tertiary/aromatic N) is 3. The van der Waals surface area contributed by atoms with Crippen molar-refractivity contribution in [2.24, 2.45) is 4.99 Å². The lowest BCUT2D eigenvalue weighted by molar-refractivity contribution is 0.677. The standard InChI is InChI=1S/C20H25N5S/c1-3-18-9-10-19(26-18)14-23-20(21-2)22-13-16-7-4-5-8-17(16)15-25-12-6-11-24-25/h4-12H,3,13-15H2,1-2H3,(H2,21,22,23). The van der Waals surface area contributed by atoms with E-state index in [1.165, 1.54) is 20.9 Å². The Morgan fingerprint density at radius 2 is 1.81 bits per heavy atom. The van der Waals surface area contributed by atoms with Gasteiger partial charge in [-0.15, -0.1) is 11.3 Å². The van der Waals surface area contributed by atoms with Crippen LogP contribution in [0, 0.1) is 0 Å². The summed E-state index contributed by atoms with van der Waals surface area (Å²) < 4.78 is 1.94. The number of benzene rings is 1. The van der Waals surface area contributed by atoms with Gasteiger partial charge in [0.25, 0.3) is 0 Å². The lowest BCUT2D eigenvalue weighted by Crippen LogP contribution is -2.36. The molecule has 3 aromatic rings. The molecule has 6 heteroatoms. The largest absolute Gasteiger partial charge is 0.352 e. The Balaban J connectivity index is 1.56. The van der Waals surface area contributed by atoms with Gasteiger partial charge in [-0.3, -0.25) is 9.67 Å². The molecule has 0 saturated carbocycles. The minimum atomic E-state index is 0.724. The van der Waals surface area contributed by atoms with E-state index in [1.807, 2.05) is 28.3 Å². The first-order valence-electron chi connectivity index (χ1n) is 8.84. The van der Waals surface area contributed by atoms with Crippen LogP contribution in [0.25, 0.3) is 0 Å². The first kappa shape index (κ1) is 18.2. The molecule has 0 fully saturated rings. The van der Waals surface area contributed by atoms with E-state index in [0.717, 1.165) is 32.0 Å². The molecule has 26 heavy (non-hydrogen) atoms. The molecule has 0 aliphatic rings. The summed E-state index contributed by atoms with van der Waals surface area (Å²) in [6.45, 7) is 4.47. The molecule has 5 nitrogen and oxygen atoms in total. The summed E-state index contributed by atoms with van der Waals surface area (Å²) in [4.78, 5) is 7.07. The molecule has 2 N–H and O–H groups in total. The highest BCUT2D eigenvalue weighted by molar-refractivity contribution is 7.11. The number of guanidine groups is 1. The first-order valence-corrected chi connectivity index (χ1v) is 9.66. The second kappa shape index (κ2) is 9.20. The highest BCUT2D eigenvalue weighted by atomic mass is 32.1. The predicted octanol–water partition coefficient (Wildman–Crippen LogP) is 3.42. The summed E-state index contributed by atoms with van der Waals surface area (Å²) in [6, 6.07) is 14.8. The van der Waals surface area contributed by atoms with Crippen molar-refractivity contribution in [3.8, 4) is 0 Å². The van der Waals surface area contributed by atoms with Crippen LogP contribution in [-0.2, 0) is 26.1 Å². The van der Waals surface area contributed by atoms with Crippen molar-refractivity contribution in [1.82, 2.24) is 20.4 Å². The van der Waals surface area contributed by atoms with Gasteiger partial charge in [0.15, 0.2) is 5.96 Å². The summed E-state index contributed by atoms with van der Waals surface area (Å²) >= 11 is 1.85. The number of hydrogen-bond acceptors (Lipinski definition) is 3. The number of aryl methyl sites for hydroxylation is 1. The fourth-order valence-corrected chi connectivity index (χ4v) is 3.63. The Labute approximate surface area is 158 Å². The zero-order chi connectivity index (χ0) is 18.2. The molecule has 0 spiro atoms. The van der Waals surface area contributed by atoms with Crippen molar-refractivity contribution in [1.29, 1.82) is 0 Å². The summed E-state index contributed by atoms with van der Waals surface area (Å²) in [5, 5.41) is 11.1. The van der Waals surface area contributed by atoms with Gasteiger partial charge in [0, 0.05) is 35.7 Å². The van der Waals surface area contributed by atoms with Crippen LogP contribution in [0.1, 0.15) is 27.8 Å². The number of aliphatic imine (C=N–C) groups is 1. The number of aromatic nitrogens is 2. The zero-order valence-electron chi connectivity index (χ0n) is 15.3. The van der Waals surface area contributed by atoms with E-state index >= 15 is 0 Å². The number of rotatable bonds is 7. The van der Waals surface area contributed by atoms with Crippen molar-refractivity contribution in [2.45, 2.75) is 33.0 Å². The maximum atomic E-state index is 4.33. The van der Waals surface area contributed by atoms with Gasteiger partial charge in [-0.25, -0.2) is 0 Å². The van der Waals surface area contributed by atoms with Crippen molar-refractivity contribution < 1.29 is 0 Å². The van der Waals surface area contributed by atoms with Gasteiger partial charge in [0.1, 0.15) is 0 Å². The summed E-state index contributed by atoms with van der Waals surface area (Å²) in [6.07, 6.45) is 4.88. The van der Waals surface area contributed by atoms with Crippen LogP contribution in [0.5, 0.6) is 0 Å². The predicted molar refractivity (Wildman–Crippen MR) is 109 cm³/mol. The second-order valence-corrected chi connectivity index (χ2v) is 7.23. The van der Waals surface area contributed by atoms with Gasteiger partial charge < -0.3 is 10.6 Å². The topological polar surface area (TPSA) is 54.2 Å². The monoisotopic (exact) mass is 367 g/mol. The minimum Gasteiger partial charge on any atom is -0.352 e. The van der Waals surface area contributed by atoms with Gasteiger partial charge in [-0.1, -0.05) is 31.2 Å². The van der Waals surface area contributed by atoms with Crippen molar-refractivity contribution in [3.63, 3.8) is 0 Å². The Hall–Kier alpha value is -2.60. The average molecular weight is 368 g/mol. The molecule has 3 rings (SSSR count). The van der Waals surface area contributed by atoms with E-state index in [9.17, 15) is 0 Å². The lowest BCUT2D eigenvalue weighted by Gasteiger charge is -2.14. The van der Waals surface area contributed by atoms with Crippen LogP contribution in [0.15, 0.2) is 59.9 Å². The lowest BCUT2D eigenvalue weighted by atomic mass is 10.1. The maximum absolute atomic E-state index is 4.33. The third-order valence-corrected chi connectivity index (χ3v) is 5.41. The van der Waals surface area contributed by atoms with Crippen LogP contribution in [0.2, 0.25) is 0 Å². The third kappa shape index (κ3) is 4.95. The summed E-state index contributed by atoms with van der Waals surface area (Å²) in [5.74, 6) is 0.811. The van der Waals surface area contributed by atoms with Crippen LogP contribution in [0.3, 0.4) is 0 Å². The number of nitrogens with one attached hydrogen (secondary N) is 2. The molecule has 0 saturated heterocycles. The molecule has 0 atom stereocenters. The van der Waals surface area contributed by atoms with Gasteiger partial charge in [-0.05, 0) is 35.7 Å².